The molecule has 108 valence electrons. The van der Waals surface area contributed by atoms with E-state index in [-0.39, 0.29) is 0 Å². The lowest BCUT2D eigenvalue weighted by atomic mass is 10.1. The molecule has 0 bridgehead atoms. The summed E-state index contributed by atoms with van der Waals surface area (Å²) in [5, 5.41) is 0. The molecule has 0 saturated heterocycles. The van der Waals surface area contributed by atoms with Gasteiger partial charge in [0.15, 0.2) is 11.5 Å². The summed E-state index contributed by atoms with van der Waals surface area (Å²) < 4.78 is 10.6. The molecule has 0 amide bonds. The number of ether oxygens (including phenoxy) is 2. The average Bonchev–Trinajstić information content (AvgIpc) is 2.96. The molecule has 1 aromatic heterocycles. The highest BCUT2D eigenvalue weighted by Crippen LogP contribution is 2.32. The van der Waals surface area contributed by atoms with Crippen LogP contribution in [0.25, 0.3) is 22.4 Å². The van der Waals surface area contributed by atoms with Gasteiger partial charge in [-0.1, -0.05) is 18.2 Å². The van der Waals surface area contributed by atoms with Crippen LogP contribution in [0.15, 0.2) is 36.4 Å². The molecule has 4 nitrogen and oxygen atoms in total. The third-order valence-electron chi connectivity index (χ3n) is 3.34. The summed E-state index contributed by atoms with van der Waals surface area (Å²) in [4.78, 5) is 7.91. The fraction of sp³-hybridized carbons (Fsp3) is 0.188. The fourth-order valence-corrected chi connectivity index (χ4v) is 2.44. The predicted octanol–water partition coefficient (Wildman–Crippen LogP) is 3.99. The number of H-pyrrole nitrogens is 1. The van der Waals surface area contributed by atoms with E-state index in [1.54, 1.807) is 14.2 Å². The van der Waals surface area contributed by atoms with Crippen LogP contribution in [-0.4, -0.2) is 24.2 Å². The largest absolute Gasteiger partial charge is 0.493 e. The van der Waals surface area contributed by atoms with E-state index in [0.717, 1.165) is 28.0 Å². The van der Waals surface area contributed by atoms with Gasteiger partial charge in [-0.3, -0.25) is 0 Å². The molecule has 0 unspecified atom stereocenters. The predicted molar refractivity (Wildman–Crippen MR) is 84.2 cm³/mol. The first-order chi connectivity index (χ1) is 10.2. The molecule has 3 rings (SSSR count). The maximum Gasteiger partial charge on any atom is 0.163 e. The molecule has 0 radical (unpaired) electrons. The second-order valence-electron chi connectivity index (χ2n) is 4.64. The minimum atomic E-state index is 0.482. The molecule has 1 heterocycles. The van der Waals surface area contributed by atoms with Crippen molar-refractivity contribution in [2.45, 2.75) is 5.88 Å². The minimum absolute atomic E-state index is 0.482. The van der Waals surface area contributed by atoms with Crippen LogP contribution >= 0.6 is 11.6 Å². The van der Waals surface area contributed by atoms with Crippen molar-refractivity contribution in [2.24, 2.45) is 0 Å². The number of aromatic nitrogens is 2. The molecule has 0 aliphatic rings. The van der Waals surface area contributed by atoms with E-state index in [2.05, 4.69) is 9.97 Å². The van der Waals surface area contributed by atoms with E-state index in [4.69, 9.17) is 21.1 Å². The smallest absolute Gasteiger partial charge is 0.163 e. The zero-order chi connectivity index (χ0) is 14.8. The maximum absolute atomic E-state index is 5.88. The first-order valence-electron chi connectivity index (χ1n) is 6.52. The Bertz CT molecular complexity index is 742. The summed E-state index contributed by atoms with van der Waals surface area (Å²) >= 11 is 5.88. The quantitative estimate of drug-likeness (QED) is 0.741. The second kappa shape index (κ2) is 5.66. The molecule has 0 aliphatic carbocycles. The highest BCUT2D eigenvalue weighted by atomic mass is 35.5. The molecule has 5 heteroatoms. The molecule has 1 N–H and O–H groups in total. The Morgan fingerprint density at radius 3 is 2.57 bits per heavy atom. The maximum atomic E-state index is 5.88. The fourth-order valence-electron chi connectivity index (χ4n) is 2.28. The van der Waals surface area contributed by atoms with Gasteiger partial charge in [0.05, 0.1) is 25.3 Å². The highest BCUT2D eigenvalue weighted by Gasteiger charge is 2.11. The number of methoxy groups -OCH3 is 2. The SMILES string of the molecule is COc1cc2nc(-c3cccc(CCl)c3)[nH]c2cc1OC. The number of halogens is 1. The Hall–Kier alpha value is -2.20. The lowest BCUT2D eigenvalue weighted by Gasteiger charge is -2.06. The van der Waals surface area contributed by atoms with E-state index >= 15 is 0 Å². The van der Waals surface area contributed by atoms with Gasteiger partial charge >= 0.3 is 0 Å². The second-order valence-corrected chi connectivity index (χ2v) is 4.91. The number of rotatable bonds is 4. The van der Waals surface area contributed by atoms with E-state index in [0.29, 0.717) is 17.4 Å². The summed E-state index contributed by atoms with van der Waals surface area (Å²) in [6.45, 7) is 0. The van der Waals surface area contributed by atoms with Crippen molar-refractivity contribution >= 4 is 22.6 Å². The first-order valence-corrected chi connectivity index (χ1v) is 7.05. The number of nitrogens with zero attached hydrogens (tertiary/aromatic N) is 1. The number of alkyl halides is 1. The number of hydrogen-bond donors (Lipinski definition) is 1. The van der Waals surface area contributed by atoms with Crippen LogP contribution in [-0.2, 0) is 5.88 Å². The third kappa shape index (κ3) is 2.54. The van der Waals surface area contributed by atoms with Crippen LogP contribution in [0, 0.1) is 0 Å². The van der Waals surface area contributed by atoms with Crippen molar-refractivity contribution in [3.05, 3.63) is 42.0 Å². The minimum Gasteiger partial charge on any atom is -0.493 e. The van der Waals surface area contributed by atoms with Crippen molar-refractivity contribution in [3.63, 3.8) is 0 Å². The van der Waals surface area contributed by atoms with Crippen molar-refractivity contribution < 1.29 is 9.47 Å². The van der Waals surface area contributed by atoms with Crippen LogP contribution in [0.4, 0.5) is 0 Å². The van der Waals surface area contributed by atoms with Gasteiger partial charge < -0.3 is 14.5 Å². The number of fused-ring (bicyclic) bond motifs is 1. The third-order valence-corrected chi connectivity index (χ3v) is 3.65. The summed E-state index contributed by atoms with van der Waals surface area (Å²) in [6, 6.07) is 11.7. The number of benzene rings is 2. The summed E-state index contributed by atoms with van der Waals surface area (Å²) in [6.07, 6.45) is 0. The Labute approximate surface area is 127 Å². The average molecular weight is 303 g/mol. The Balaban J connectivity index is 2.12. The lowest BCUT2D eigenvalue weighted by molar-refractivity contribution is 0.356. The van der Waals surface area contributed by atoms with E-state index in [1.807, 2.05) is 36.4 Å². The van der Waals surface area contributed by atoms with Crippen LogP contribution in [0.1, 0.15) is 5.56 Å². The number of nitrogens with one attached hydrogen (secondary N) is 1. The molecule has 0 saturated carbocycles. The van der Waals surface area contributed by atoms with Gasteiger partial charge in [0.25, 0.3) is 0 Å². The van der Waals surface area contributed by atoms with E-state index < -0.39 is 0 Å². The Kier molecular flexibility index (Phi) is 3.71. The molecule has 0 atom stereocenters. The molecule has 3 aromatic rings. The monoisotopic (exact) mass is 302 g/mol. The molecular weight excluding hydrogens is 288 g/mol. The number of imidazole rings is 1. The zero-order valence-electron chi connectivity index (χ0n) is 11.8. The van der Waals surface area contributed by atoms with Crippen LogP contribution in [0.5, 0.6) is 11.5 Å². The Morgan fingerprint density at radius 2 is 1.86 bits per heavy atom. The number of hydrogen-bond acceptors (Lipinski definition) is 3. The van der Waals surface area contributed by atoms with Crippen molar-refractivity contribution in [2.75, 3.05) is 14.2 Å². The van der Waals surface area contributed by atoms with Crippen LogP contribution in [0.3, 0.4) is 0 Å². The highest BCUT2D eigenvalue weighted by molar-refractivity contribution is 6.17. The standard InChI is InChI=1S/C16H15ClN2O2/c1-20-14-7-12-13(8-15(14)21-2)19-16(18-12)11-5-3-4-10(6-11)9-17/h3-8H,9H2,1-2H3,(H,18,19). The van der Waals surface area contributed by atoms with Gasteiger partial charge in [0.1, 0.15) is 5.82 Å². The molecule has 0 fully saturated rings. The van der Waals surface area contributed by atoms with Crippen molar-refractivity contribution in [1.82, 2.24) is 9.97 Å². The molecule has 0 spiro atoms. The van der Waals surface area contributed by atoms with Gasteiger partial charge in [-0.05, 0) is 11.6 Å². The normalized spacial score (nSPS) is 10.8. The molecule has 21 heavy (non-hydrogen) atoms. The van der Waals surface area contributed by atoms with Gasteiger partial charge in [-0.25, -0.2) is 4.98 Å². The summed E-state index contributed by atoms with van der Waals surface area (Å²) in [5.74, 6) is 2.62. The topological polar surface area (TPSA) is 47.1 Å². The summed E-state index contributed by atoms with van der Waals surface area (Å²) in [7, 11) is 3.23. The van der Waals surface area contributed by atoms with E-state index in [9.17, 15) is 0 Å². The van der Waals surface area contributed by atoms with E-state index in [1.165, 1.54) is 0 Å². The molecule has 2 aromatic carbocycles. The van der Waals surface area contributed by atoms with Gasteiger partial charge in [0.2, 0.25) is 0 Å². The van der Waals surface area contributed by atoms with Gasteiger partial charge in [0, 0.05) is 23.6 Å². The van der Waals surface area contributed by atoms with Crippen LogP contribution in [0.2, 0.25) is 0 Å². The lowest BCUT2D eigenvalue weighted by Crippen LogP contribution is -1.89. The zero-order valence-corrected chi connectivity index (χ0v) is 12.6. The molecular formula is C16H15ClN2O2. The van der Waals surface area contributed by atoms with Crippen molar-refractivity contribution in [1.29, 1.82) is 0 Å². The van der Waals surface area contributed by atoms with Gasteiger partial charge in [-0.15, -0.1) is 11.6 Å². The summed E-state index contributed by atoms with van der Waals surface area (Å²) in [5.41, 5.74) is 3.80. The number of aromatic amines is 1. The molecule has 0 aliphatic heterocycles. The Morgan fingerprint density at radius 1 is 1.10 bits per heavy atom. The van der Waals surface area contributed by atoms with Gasteiger partial charge in [-0.2, -0.15) is 0 Å². The van der Waals surface area contributed by atoms with Crippen LogP contribution < -0.4 is 9.47 Å². The first kappa shape index (κ1) is 13.8. The van der Waals surface area contributed by atoms with Crippen molar-refractivity contribution in [3.8, 4) is 22.9 Å².